The SMILES string of the molecule is O=C(CCN1C(=O)NC2(CCCCC2)C1=O)OCC(=O)c1ccc(S(=O)(=O)N2CCCC2)cc1. The second-order valence-electron chi connectivity index (χ2n) is 9.00. The van der Waals surface area contributed by atoms with Gasteiger partial charge >= 0.3 is 12.0 Å². The molecule has 2 aliphatic heterocycles. The molecule has 3 aliphatic rings. The molecule has 1 saturated carbocycles. The topological polar surface area (TPSA) is 130 Å². The summed E-state index contributed by atoms with van der Waals surface area (Å²) in [7, 11) is -3.57. The number of benzene rings is 1. The standard InChI is InChI=1S/C23H29N3O7S/c27-19(17-6-8-18(9-7-17)34(31,32)25-13-4-5-14-25)16-33-20(28)10-15-26-21(29)23(24-22(26)30)11-2-1-3-12-23/h6-9H,1-5,10-16H2,(H,24,30). The number of amides is 3. The van der Waals surface area contributed by atoms with Crippen LogP contribution in [0, 0.1) is 0 Å². The maximum absolute atomic E-state index is 12.7. The molecule has 1 N–H and O–H groups in total. The lowest BCUT2D eigenvalue weighted by Gasteiger charge is -2.30. The Balaban J connectivity index is 1.26. The number of sulfonamides is 1. The van der Waals surface area contributed by atoms with Crippen LogP contribution in [-0.4, -0.2) is 73.1 Å². The zero-order chi connectivity index (χ0) is 24.3. The molecule has 4 rings (SSSR count). The molecule has 2 heterocycles. The van der Waals surface area contributed by atoms with E-state index in [1.807, 2.05) is 0 Å². The first-order chi connectivity index (χ1) is 16.2. The van der Waals surface area contributed by atoms with Crippen molar-refractivity contribution in [3.05, 3.63) is 29.8 Å². The zero-order valence-corrected chi connectivity index (χ0v) is 19.8. The van der Waals surface area contributed by atoms with Gasteiger partial charge in [-0.3, -0.25) is 19.3 Å². The molecule has 0 atom stereocenters. The molecular formula is C23H29N3O7S. The van der Waals surface area contributed by atoms with Gasteiger partial charge in [0.25, 0.3) is 5.91 Å². The van der Waals surface area contributed by atoms with Crippen molar-refractivity contribution in [2.45, 2.75) is 61.8 Å². The minimum atomic E-state index is -3.57. The van der Waals surface area contributed by atoms with Crippen LogP contribution in [0.5, 0.6) is 0 Å². The summed E-state index contributed by atoms with van der Waals surface area (Å²) in [4.78, 5) is 50.6. The Kier molecular flexibility index (Phi) is 7.04. The highest BCUT2D eigenvalue weighted by molar-refractivity contribution is 7.89. The van der Waals surface area contributed by atoms with Gasteiger partial charge in [-0.15, -0.1) is 0 Å². The van der Waals surface area contributed by atoms with Gasteiger partial charge in [-0.1, -0.05) is 19.3 Å². The maximum Gasteiger partial charge on any atom is 0.325 e. The molecule has 0 aromatic heterocycles. The van der Waals surface area contributed by atoms with Crippen molar-refractivity contribution in [2.75, 3.05) is 26.2 Å². The summed E-state index contributed by atoms with van der Waals surface area (Å²) in [5.41, 5.74) is -0.620. The lowest BCUT2D eigenvalue weighted by molar-refractivity contribution is -0.143. The van der Waals surface area contributed by atoms with Crippen molar-refractivity contribution in [2.24, 2.45) is 0 Å². The quantitative estimate of drug-likeness (QED) is 0.334. The molecule has 0 radical (unpaired) electrons. The fourth-order valence-corrected chi connectivity index (χ4v) is 6.29. The number of urea groups is 1. The molecule has 11 heteroatoms. The van der Waals surface area contributed by atoms with Gasteiger partial charge < -0.3 is 10.1 Å². The van der Waals surface area contributed by atoms with E-state index in [1.165, 1.54) is 28.6 Å². The molecule has 0 bridgehead atoms. The zero-order valence-electron chi connectivity index (χ0n) is 19.0. The normalized spacial score (nSPS) is 20.5. The van der Waals surface area contributed by atoms with Crippen LogP contribution in [0.25, 0.3) is 0 Å². The van der Waals surface area contributed by atoms with E-state index in [-0.39, 0.29) is 29.3 Å². The van der Waals surface area contributed by atoms with Crippen molar-refractivity contribution in [1.82, 2.24) is 14.5 Å². The highest BCUT2D eigenvalue weighted by Crippen LogP contribution is 2.33. The van der Waals surface area contributed by atoms with Gasteiger partial charge in [0.05, 0.1) is 11.3 Å². The third-order valence-electron chi connectivity index (χ3n) is 6.74. The van der Waals surface area contributed by atoms with Crippen LogP contribution in [0.2, 0.25) is 0 Å². The fraction of sp³-hybridized carbons (Fsp3) is 0.565. The molecule has 184 valence electrons. The Morgan fingerprint density at radius 3 is 2.26 bits per heavy atom. The number of hydrogen-bond acceptors (Lipinski definition) is 7. The van der Waals surface area contributed by atoms with Crippen molar-refractivity contribution in [1.29, 1.82) is 0 Å². The van der Waals surface area contributed by atoms with E-state index in [0.29, 0.717) is 25.9 Å². The number of ether oxygens (including phenoxy) is 1. The van der Waals surface area contributed by atoms with Crippen molar-refractivity contribution in [3.63, 3.8) is 0 Å². The Hall–Kier alpha value is -2.79. The molecular weight excluding hydrogens is 462 g/mol. The highest BCUT2D eigenvalue weighted by Gasteiger charge is 2.51. The van der Waals surface area contributed by atoms with Gasteiger partial charge in [-0.2, -0.15) is 4.31 Å². The molecule has 1 aromatic rings. The van der Waals surface area contributed by atoms with Crippen LogP contribution in [0.15, 0.2) is 29.2 Å². The summed E-state index contributed by atoms with van der Waals surface area (Å²) in [6.07, 6.45) is 5.43. The average molecular weight is 492 g/mol. The monoisotopic (exact) mass is 491 g/mol. The van der Waals surface area contributed by atoms with Crippen LogP contribution in [0.4, 0.5) is 4.79 Å². The first-order valence-electron chi connectivity index (χ1n) is 11.7. The Morgan fingerprint density at radius 1 is 0.971 bits per heavy atom. The Morgan fingerprint density at radius 2 is 1.62 bits per heavy atom. The lowest BCUT2D eigenvalue weighted by atomic mass is 9.82. The average Bonchev–Trinajstić information content (AvgIpc) is 3.45. The van der Waals surface area contributed by atoms with Crippen LogP contribution in [-0.2, 0) is 24.3 Å². The predicted molar refractivity (Wildman–Crippen MR) is 120 cm³/mol. The minimum absolute atomic E-state index is 0.109. The molecule has 0 unspecified atom stereocenters. The second kappa shape index (κ2) is 9.83. The number of carbonyl (C=O) groups excluding carboxylic acids is 4. The summed E-state index contributed by atoms with van der Waals surface area (Å²) in [5, 5.41) is 2.78. The molecule has 1 aliphatic carbocycles. The van der Waals surface area contributed by atoms with E-state index >= 15 is 0 Å². The summed E-state index contributed by atoms with van der Waals surface area (Å²) in [6.45, 7) is 0.360. The number of Topliss-reactive ketones (excluding diaryl/α,β-unsaturated/α-hetero) is 1. The first kappa shape index (κ1) is 24.3. The first-order valence-corrected chi connectivity index (χ1v) is 13.1. The van der Waals surface area contributed by atoms with Gasteiger partial charge in [-0.25, -0.2) is 13.2 Å². The van der Waals surface area contributed by atoms with E-state index in [4.69, 9.17) is 4.74 Å². The summed E-state index contributed by atoms with van der Waals surface area (Å²) >= 11 is 0. The molecule has 1 aromatic carbocycles. The van der Waals surface area contributed by atoms with Crippen LogP contribution in [0.3, 0.4) is 0 Å². The lowest BCUT2D eigenvalue weighted by Crippen LogP contribution is -2.48. The van der Waals surface area contributed by atoms with Crippen LogP contribution >= 0.6 is 0 Å². The molecule has 1 spiro atoms. The fourth-order valence-electron chi connectivity index (χ4n) is 4.77. The van der Waals surface area contributed by atoms with E-state index < -0.39 is 40.0 Å². The van der Waals surface area contributed by atoms with E-state index in [2.05, 4.69) is 5.32 Å². The summed E-state index contributed by atoms with van der Waals surface area (Å²) in [6, 6.07) is 5.05. The Bertz CT molecular complexity index is 1070. The third kappa shape index (κ3) is 4.85. The number of nitrogens with one attached hydrogen (secondary N) is 1. The van der Waals surface area contributed by atoms with Crippen molar-refractivity contribution in [3.8, 4) is 0 Å². The van der Waals surface area contributed by atoms with Gasteiger partial charge in [0.15, 0.2) is 12.4 Å². The van der Waals surface area contributed by atoms with Crippen LogP contribution < -0.4 is 5.32 Å². The summed E-state index contributed by atoms with van der Waals surface area (Å²) < 4.78 is 31.6. The van der Waals surface area contributed by atoms with Gasteiger partial charge in [0, 0.05) is 25.2 Å². The molecule has 3 amide bonds. The van der Waals surface area contributed by atoms with Gasteiger partial charge in [-0.05, 0) is 49.9 Å². The third-order valence-corrected chi connectivity index (χ3v) is 8.65. The largest absolute Gasteiger partial charge is 0.457 e. The number of rotatable bonds is 8. The number of hydrogen-bond donors (Lipinski definition) is 1. The predicted octanol–water partition coefficient (Wildman–Crippen LogP) is 1.84. The molecule has 3 fully saturated rings. The maximum atomic E-state index is 12.7. The molecule has 2 saturated heterocycles. The smallest absolute Gasteiger partial charge is 0.325 e. The van der Waals surface area contributed by atoms with E-state index in [1.54, 1.807) is 0 Å². The minimum Gasteiger partial charge on any atom is -0.457 e. The number of nitrogens with zero attached hydrogens (tertiary/aromatic N) is 2. The van der Waals surface area contributed by atoms with Crippen molar-refractivity contribution < 1.29 is 32.3 Å². The molecule has 10 nitrogen and oxygen atoms in total. The summed E-state index contributed by atoms with van der Waals surface area (Å²) in [5.74, 6) is -1.48. The molecule has 34 heavy (non-hydrogen) atoms. The van der Waals surface area contributed by atoms with E-state index in [0.717, 1.165) is 37.0 Å². The number of esters is 1. The second-order valence-corrected chi connectivity index (χ2v) is 10.9. The van der Waals surface area contributed by atoms with Crippen LogP contribution in [0.1, 0.15) is 61.7 Å². The van der Waals surface area contributed by atoms with Crippen molar-refractivity contribution >= 4 is 33.7 Å². The number of imide groups is 1. The van der Waals surface area contributed by atoms with Gasteiger partial charge in [0.1, 0.15) is 5.54 Å². The van der Waals surface area contributed by atoms with Gasteiger partial charge in [0.2, 0.25) is 10.0 Å². The number of carbonyl (C=O) groups is 4. The highest BCUT2D eigenvalue weighted by atomic mass is 32.2. The number of ketones is 1. The Labute approximate surface area is 198 Å². The van der Waals surface area contributed by atoms with E-state index in [9.17, 15) is 27.6 Å².